The molecule has 6 nitrogen and oxygen atoms in total. The number of hydrogen-bond acceptors (Lipinski definition) is 5. The summed E-state index contributed by atoms with van der Waals surface area (Å²) in [7, 11) is 0. The maximum absolute atomic E-state index is 13.6. The summed E-state index contributed by atoms with van der Waals surface area (Å²) in [5.41, 5.74) is 1.92. The van der Waals surface area contributed by atoms with Crippen LogP contribution < -0.4 is 9.64 Å². The van der Waals surface area contributed by atoms with Crippen molar-refractivity contribution in [3.8, 4) is 5.75 Å². The van der Waals surface area contributed by atoms with Crippen molar-refractivity contribution in [2.75, 3.05) is 44.4 Å². The fourth-order valence-electron chi connectivity index (χ4n) is 4.59. The van der Waals surface area contributed by atoms with Crippen LogP contribution in [0, 0.1) is 0 Å². The zero-order valence-electron chi connectivity index (χ0n) is 16.4. The fraction of sp³-hybridized carbons (Fsp3) is 0.435. The number of benzene rings is 2. The van der Waals surface area contributed by atoms with Crippen LogP contribution in [0.15, 0.2) is 54.6 Å². The molecule has 3 heterocycles. The minimum Gasteiger partial charge on any atom is -0.489 e. The average Bonchev–Trinajstić information content (AvgIpc) is 2.79. The van der Waals surface area contributed by atoms with Crippen molar-refractivity contribution in [2.45, 2.75) is 24.6 Å². The number of rotatable bonds is 3. The van der Waals surface area contributed by atoms with Crippen molar-refractivity contribution < 1.29 is 19.0 Å². The number of amides is 1. The highest BCUT2D eigenvalue weighted by Gasteiger charge is 2.39. The van der Waals surface area contributed by atoms with E-state index < -0.39 is 0 Å². The Kier molecular flexibility index (Phi) is 5.23. The average molecular weight is 394 g/mol. The van der Waals surface area contributed by atoms with Crippen LogP contribution in [0.2, 0.25) is 0 Å². The Morgan fingerprint density at radius 3 is 2.72 bits per heavy atom. The van der Waals surface area contributed by atoms with Crippen molar-refractivity contribution in [2.24, 2.45) is 0 Å². The zero-order chi connectivity index (χ0) is 19.6. The molecule has 152 valence electrons. The molecule has 6 heteroatoms. The van der Waals surface area contributed by atoms with Gasteiger partial charge >= 0.3 is 0 Å². The van der Waals surface area contributed by atoms with Gasteiger partial charge in [-0.2, -0.15) is 0 Å². The number of ether oxygens (including phenoxy) is 3. The molecule has 0 spiro atoms. The molecule has 3 aliphatic heterocycles. The second kappa shape index (κ2) is 8.14. The first kappa shape index (κ1) is 18.6. The Hall–Kier alpha value is -2.41. The largest absolute Gasteiger partial charge is 0.489 e. The molecule has 0 aliphatic carbocycles. The van der Waals surface area contributed by atoms with Crippen LogP contribution in [0.1, 0.15) is 18.0 Å². The molecule has 2 fully saturated rings. The number of hydrogen-bond donors (Lipinski definition) is 0. The molecule has 3 aliphatic rings. The molecule has 2 saturated heterocycles. The molecule has 3 atom stereocenters. The van der Waals surface area contributed by atoms with E-state index in [1.165, 1.54) is 0 Å². The zero-order valence-corrected chi connectivity index (χ0v) is 16.4. The topological polar surface area (TPSA) is 51.2 Å². The minimum absolute atomic E-state index is 0.0841. The van der Waals surface area contributed by atoms with Gasteiger partial charge < -0.3 is 14.2 Å². The second-order valence-corrected chi connectivity index (χ2v) is 7.78. The third-order valence-corrected chi connectivity index (χ3v) is 6.07. The molecule has 0 bridgehead atoms. The molecule has 1 unspecified atom stereocenters. The number of anilines is 1. The summed E-state index contributed by atoms with van der Waals surface area (Å²) in [5, 5.41) is 0. The lowest BCUT2D eigenvalue weighted by molar-refractivity contribution is -0.141. The molecule has 2 aromatic carbocycles. The maximum atomic E-state index is 13.6. The fourth-order valence-corrected chi connectivity index (χ4v) is 4.59. The van der Waals surface area contributed by atoms with E-state index in [1.807, 2.05) is 47.4 Å². The van der Waals surface area contributed by atoms with Gasteiger partial charge in [0.25, 0.3) is 0 Å². The summed E-state index contributed by atoms with van der Waals surface area (Å²) in [6.07, 6.45) is 1.05. The van der Waals surface area contributed by atoms with Crippen molar-refractivity contribution in [1.29, 1.82) is 0 Å². The van der Waals surface area contributed by atoms with E-state index >= 15 is 0 Å². The van der Waals surface area contributed by atoms with Gasteiger partial charge in [0.15, 0.2) is 0 Å². The van der Waals surface area contributed by atoms with E-state index in [4.69, 9.17) is 14.2 Å². The van der Waals surface area contributed by atoms with Gasteiger partial charge in [0.2, 0.25) is 5.91 Å². The Morgan fingerprint density at radius 2 is 1.83 bits per heavy atom. The highest BCUT2D eigenvalue weighted by molar-refractivity contribution is 5.97. The van der Waals surface area contributed by atoms with Gasteiger partial charge in [-0.25, -0.2) is 0 Å². The van der Waals surface area contributed by atoms with Crippen molar-refractivity contribution >= 4 is 11.6 Å². The van der Waals surface area contributed by atoms with E-state index in [1.54, 1.807) is 0 Å². The minimum atomic E-state index is -0.141. The molecule has 0 saturated carbocycles. The van der Waals surface area contributed by atoms with Crippen LogP contribution in [-0.4, -0.2) is 62.5 Å². The Labute approximate surface area is 171 Å². The first-order valence-electron chi connectivity index (χ1n) is 10.3. The highest BCUT2D eigenvalue weighted by atomic mass is 16.5. The van der Waals surface area contributed by atoms with Gasteiger partial charge in [-0.1, -0.05) is 42.5 Å². The van der Waals surface area contributed by atoms with E-state index in [9.17, 15) is 4.79 Å². The molecular formula is C23H26N2O4. The Morgan fingerprint density at radius 1 is 1.00 bits per heavy atom. The van der Waals surface area contributed by atoms with Crippen LogP contribution >= 0.6 is 0 Å². The number of nitrogens with zero attached hydrogens (tertiary/aromatic N) is 2. The standard InChI is InChI=1S/C23H26N2O4/c26-23(14-24-11-13-28-22-10-12-27-15-20(22)24)25-18-8-4-5-9-21(18)29-16-19(25)17-6-2-1-3-7-17/h1-9,19-20,22H,10-16H2/t19?,20-,22-/m1/s1. The van der Waals surface area contributed by atoms with E-state index in [-0.39, 0.29) is 24.1 Å². The maximum Gasteiger partial charge on any atom is 0.241 e. The Bertz CT molecular complexity index is 857. The quantitative estimate of drug-likeness (QED) is 0.801. The smallest absolute Gasteiger partial charge is 0.241 e. The van der Waals surface area contributed by atoms with Gasteiger partial charge in [-0.15, -0.1) is 0 Å². The van der Waals surface area contributed by atoms with Crippen LogP contribution in [-0.2, 0) is 14.3 Å². The normalized spacial score (nSPS) is 26.9. The van der Waals surface area contributed by atoms with Gasteiger partial charge in [0, 0.05) is 13.2 Å². The molecule has 5 rings (SSSR count). The predicted octanol–water partition coefficient (Wildman–Crippen LogP) is 2.64. The van der Waals surface area contributed by atoms with E-state index in [0.29, 0.717) is 26.4 Å². The number of carbonyl (C=O) groups is 1. The molecular weight excluding hydrogens is 368 g/mol. The van der Waals surface area contributed by atoms with Crippen LogP contribution in [0.3, 0.4) is 0 Å². The number of carbonyl (C=O) groups excluding carboxylic acids is 1. The predicted molar refractivity (Wildman–Crippen MR) is 109 cm³/mol. The van der Waals surface area contributed by atoms with Gasteiger partial charge in [0.1, 0.15) is 12.4 Å². The number of para-hydroxylation sites is 2. The highest BCUT2D eigenvalue weighted by Crippen LogP contribution is 2.39. The number of fused-ring (bicyclic) bond motifs is 2. The lowest BCUT2D eigenvalue weighted by Crippen LogP contribution is -2.58. The molecule has 0 aromatic heterocycles. The SMILES string of the molecule is O=C(CN1CCO[C@@H]2CCOC[C@H]21)N1c2ccccc2OCC1c1ccccc1. The molecule has 0 radical (unpaired) electrons. The van der Waals surface area contributed by atoms with Crippen LogP contribution in [0.4, 0.5) is 5.69 Å². The van der Waals surface area contributed by atoms with Crippen molar-refractivity contribution in [3.63, 3.8) is 0 Å². The summed E-state index contributed by atoms with van der Waals surface area (Å²) < 4.78 is 17.6. The molecule has 0 N–H and O–H groups in total. The lowest BCUT2D eigenvalue weighted by atomic mass is 10.0. The third kappa shape index (κ3) is 3.64. The summed E-state index contributed by atoms with van der Waals surface area (Å²) in [6.45, 7) is 3.57. The number of morpholine rings is 1. The van der Waals surface area contributed by atoms with Gasteiger partial charge in [-0.3, -0.25) is 14.6 Å². The monoisotopic (exact) mass is 394 g/mol. The first-order chi connectivity index (χ1) is 14.3. The van der Waals surface area contributed by atoms with E-state index in [2.05, 4.69) is 17.0 Å². The second-order valence-electron chi connectivity index (χ2n) is 7.78. The van der Waals surface area contributed by atoms with E-state index in [0.717, 1.165) is 36.6 Å². The summed E-state index contributed by atoms with van der Waals surface area (Å²) >= 11 is 0. The third-order valence-electron chi connectivity index (χ3n) is 6.07. The van der Waals surface area contributed by atoms with Gasteiger partial charge in [-0.05, 0) is 24.1 Å². The molecule has 29 heavy (non-hydrogen) atoms. The first-order valence-corrected chi connectivity index (χ1v) is 10.3. The van der Waals surface area contributed by atoms with Crippen LogP contribution in [0.5, 0.6) is 5.75 Å². The lowest BCUT2D eigenvalue weighted by Gasteiger charge is -2.44. The van der Waals surface area contributed by atoms with Crippen molar-refractivity contribution in [3.05, 3.63) is 60.2 Å². The van der Waals surface area contributed by atoms with Gasteiger partial charge in [0.05, 0.1) is 43.6 Å². The summed E-state index contributed by atoms with van der Waals surface area (Å²) in [6, 6.07) is 17.9. The summed E-state index contributed by atoms with van der Waals surface area (Å²) in [5.74, 6) is 0.842. The molecule has 2 aromatic rings. The van der Waals surface area contributed by atoms with Crippen LogP contribution in [0.25, 0.3) is 0 Å². The molecule has 1 amide bonds. The van der Waals surface area contributed by atoms with Crippen molar-refractivity contribution in [1.82, 2.24) is 4.90 Å². The Balaban J connectivity index is 1.43. The summed E-state index contributed by atoms with van der Waals surface area (Å²) in [4.78, 5) is 17.8.